The van der Waals surface area contributed by atoms with Gasteiger partial charge in [0.1, 0.15) is 5.52 Å². The molecule has 0 aliphatic carbocycles. The Morgan fingerprint density at radius 2 is 1.77 bits per heavy atom. The van der Waals surface area contributed by atoms with Gasteiger partial charge in [-0.2, -0.15) is 4.31 Å². The number of anilines is 1. The summed E-state index contributed by atoms with van der Waals surface area (Å²) in [4.78, 5) is 18.5. The average Bonchev–Trinajstić information content (AvgIpc) is 3.33. The van der Waals surface area contributed by atoms with Gasteiger partial charge >= 0.3 is 0 Å². The van der Waals surface area contributed by atoms with E-state index in [4.69, 9.17) is 4.42 Å². The normalized spacial score (nSPS) is 15.3. The van der Waals surface area contributed by atoms with E-state index in [0.717, 1.165) is 16.0 Å². The van der Waals surface area contributed by atoms with Crippen LogP contribution >= 0.6 is 11.8 Å². The van der Waals surface area contributed by atoms with Crippen LogP contribution in [0.15, 0.2) is 87.0 Å². The molecule has 0 bridgehead atoms. The van der Waals surface area contributed by atoms with Gasteiger partial charge in [0.05, 0.1) is 4.90 Å². The molecule has 0 unspecified atom stereocenters. The Kier molecular flexibility index (Phi) is 6.64. The summed E-state index contributed by atoms with van der Waals surface area (Å²) in [6, 6.07) is 22.0. The lowest BCUT2D eigenvalue weighted by molar-refractivity contribution is -0.120. The molecule has 1 aliphatic heterocycles. The molecule has 9 heteroatoms. The fourth-order valence-electron chi connectivity index (χ4n) is 4.30. The van der Waals surface area contributed by atoms with Crippen molar-refractivity contribution in [3.63, 3.8) is 0 Å². The maximum atomic E-state index is 13.2. The molecule has 1 fully saturated rings. The van der Waals surface area contributed by atoms with Crippen molar-refractivity contribution < 1.29 is 17.6 Å². The first kappa shape index (κ1) is 23.6. The number of hydrogen-bond donors (Lipinski definition) is 1. The highest BCUT2D eigenvalue weighted by atomic mass is 32.2. The second kappa shape index (κ2) is 9.85. The number of nitrogens with zero attached hydrogens (tertiary/aromatic N) is 2. The quantitative estimate of drug-likeness (QED) is 0.358. The van der Waals surface area contributed by atoms with Crippen molar-refractivity contribution in [2.75, 3.05) is 24.7 Å². The minimum atomic E-state index is -3.60. The summed E-state index contributed by atoms with van der Waals surface area (Å²) in [6.07, 6.45) is 2.80. The fraction of sp³-hybridized carbons (Fsp3) is 0.231. The summed E-state index contributed by atoms with van der Waals surface area (Å²) >= 11 is 1.41. The monoisotopic (exact) mass is 507 g/mol. The van der Waals surface area contributed by atoms with Crippen LogP contribution in [-0.4, -0.2) is 43.0 Å². The Hall–Kier alpha value is -3.14. The van der Waals surface area contributed by atoms with Gasteiger partial charge in [0.2, 0.25) is 21.8 Å². The largest absolute Gasteiger partial charge is 0.436 e. The van der Waals surface area contributed by atoms with Crippen LogP contribution in [0.2, 0.25) is 0 Å². The minimum absolute atomic E-state index is 0.110. The molecule has 4 aromatic rings. The maximum absolute atomic E-state index is 13.2. The zero-order chi connectivity index (χ0) is 24.4. The SMILES string of the molecule is CSc1ccccc1S(=O)(=O)N1CCC(C(=O)Nc2cccc(-c3nc4ccccc4o3)c2)CC1. The molecule has 1 aliphatic rings. The van der Waals surface area contributed by atoms with Gasteiger partial charge in [0.25, 0.3) is 0 Å². The van der Waals surface area contributed by atoms with Crippen LogP contribution in [0.1, 0.15) is 12.8 Å². The van der Waals surface area contributed by atoms with Crippen molar-refractivity contribution in [3.05, 3.63) is 72.8 Å². The predicted molar refractivity (Wildman–Crippen MR) is 138 cm³/mol. The van der Waals surface area contributed by atoms with Crippen molar-refractivity contribution in [1.82, 2.24) is 9.29 Å². The summed E-state index contributed by atoms with van der Waals surface area (Å²) in [5.74, 6) is 0.123. The first-order valence-corrected chi connectivity index (χ1v) is 14.0. The molecule has 0 spiro atoms. The van der Waals surface area contributed by atoms with Crippen LogP contribution in [0.3, 0.4) is 0 Å². The number of hydrogen-bond acceptors (Lipinski definition) is 6. The van der Waals surface area contributed by atoms with Crippen molar-refractivity contribution in [2.45, 2.75) is 22.6 Å². The van der Waals surface area contributed by atoms with Gasteiger partial charge in [0, 0.05) is 35.2 Å². The molecule has 1 amide bonds. The summed E-state index contributed by atoms with van der Waals surface area (Å²) in [6.45, 7) is 0.623. The molecular formula is C26H25N3O4S2. The van der Waals surface area contributed by atoms with Gasteiger partial charge in [-0.05, 0) is 61.6 Å². The van der Waals surface area contributed by atoms with Crippen molar-refractivity contribution in [2.24, 2.45) is 5.92 Å². The third-order valence-electron chi connectivity index (χ3n) is 6.18. The lowest BCUT2D eigenvalue weighted by Gasteiger charge is -2.31. The van der Waals surface area contributed by atoms with E-state index in [-0.39, 0.29) is 11.8 Å². The molecule has 2 heterocycles. The second-order valence-corrected chi connectivity index (χ2v) is 11.1. The Balaban J connectivity index is 1.24. The van der Waals surface area contributed by atoms with Crippen molar-refractivity contribution >= 4 is 44.5 Å². The fourth-order valence-corrected chi connectivity index (χ4v) is 6.89. The van der Waals surface area contributed by atoms with Crippen molar-refractivity contribution in [1.29, 1.82) is 0 Å². The molecule has 3 aromatic carbocycles. The van der Waals surface area contributed by atoms with Gasteiger partial charge in [-0.25, -0.2) is 13.4 Å². The summed E-state index contributed by atoms with van der Waals surface area (Å²) < 4.78 is 33.7. The minimum Gasteiger partial charge on any atom is -0.436 e. The van der Waals surface area contributed by atoms with Crippen LogP contribution in [0.5, 0.6) is 0 Å². The number of nitrogens with one attached hydrogen (secondary N) is 1. The van der Waals surface area contributed by atoms with Crippen LogP contribution in [0, 0.1) is 5.92 Å². The zero-order valence-electron chi connectivity index (χ0n) is 19.2. The Morgan fingerprint density at radius 1 is 1.03 bits per heavy atom. The Labute approximate surface area is 208 Å². The van der Waals surface area contributed by atoms with E-state index >= 15 is 0 Å². The van der Waals surface area contributed by atoms with Gasteiger partial charge in [-0.15, -0.1) is 11.8 Å². The smallest absolute Gasteiger partial charge is 0.244 e. The van der Waals surface area contributed by atoms with E-state index in [2.05, 4.69) is 10.3 Å². The molecule has 0 atom stereocenters. The molecule has 0 radical (unpaired) electrons. The molecule has 1 aromatic heterocycles. The lowest BCUT2D eigenvalue weighted by atomic mass is 9.97. The zero-order valence-corrected chi connectivity index (χ0v) is 20.8. The van der Waals surface area contributed by atoms with Gasteiger partial charge in [-0.3, -0.25) is 4.79 Å². The number of amides is 1. The molecule has 7 nitrogen and oxygen atoms in total. The highest BCUT2D eigenvalue weighted by molar-refractivity contribution is 7.99. The van der Waals surface area contributed by atoms with E-state index < -0.39 is 10.0 Å². The average molecular weight is 508 g/mol. The molecule has 5 rings (SSSR count). The molecule has 180 valence electrons. The molecular weight excluding hydrogens is 482 g/mol. The predicted octanol–water partition coefficient (Wildman–Crippen LogP) is 5.26. The number of rotatable bonds is 6. The van der Waals surface area contributed by atoms with E-state index in [1.54, 1.807) is 12.1 Å². The summed E-state index contributed by atoms with van der Waals surface area (Å²) in [5, 5.41) is 2.98. The standard InChI is InChI=1S/C26H25N3O4S2/c1-34-23-11-4-5-12-24(23)35(31,32)29-15-13-18(14-16-29)25(30)27-20-8-6-7-19(17-20)26-28-21-9-2-3-10-22(21)33-26/h2-12,17-18H,13-16H2,1H3,(H,27,30). The molecule has 35 heavy (non-hydrogen) atoms. The van der Waals surface area contributed by atoms with Crippen LogP contribution in [0.25, 0.3) is 22.6 Å². The van der Waals surface area contributed by atoms with E-state index in [9.17, 15) is 13.2 Å². The second-order valence-electron chi connectivity index (χ2n) is 8.39. The molecule has 1 N–H and O–H groups in total. The first-order valence-electron chi connectivity index (χ1n) is 11.4. The third kappa shape index (κ3) is 4.84. The van der Waals surface area contributed by atoms with E-state index in [1.807, 2.05) is 66.9 Å². The number of oxazole rings is 1. The van der Waals surface area contributed by atoms with Crippen LogP contribution in [0.4, 0.5) is 5.69 Å². The highest BCUT2D eigenvalue weighted by Crippen LogP contribution is 2.31. The number of benzene rings is 3. The van der Waals surface area contributed by atoms with Gasteiger partial charge < -0.3 is 9.73 Å². The third-order valence-corrected chi connectivity index (χ3v) is 9.06. The Bertz CT molecular complexity index is 1440. The first-order chi connectivity index (χ1) is 17.0. The van der Waals surface area contributed by atoms with E-state index in [1.165, 1.54) is 16.1 Å². The number of piperidine rings is 1. The van der Waals surface area contributed by atoms with Gasteiger partial charge in [-0.1, -0.05) is 30.3 Å². The molecule has 0 saturated carbocycles. The molecule has 1 saturated heterocycles. The number of thioether (sulfide) groups is 1. The van der Waals surface area contributed by atoms with Crippen molar-refractivity contribution in [3.8, 4) is 11.5 Å². The number of para-hydroxylation sites is 2. The van der Waals surface area contributed by atoms with Crippen LogP contribution < -0.4 is 5.32 Å². The topological polar surface area (TPSA) is 92.5 Å². The Morgan fingerprint density at radius 3 is 2.54 bits per heavy atom. The van der Waals surface area contributed by atoms with Crippen LogP contribution in [-0.2, 0) is 14.8 Å². The number of aromatic nitrogens is 1. The van der Waals surface area contributed by atoms with Gasteiger partial charge in [0.15, 0.2) is 5.58 Å². The summed E-state index contributed by atoms with van der Waals surface area (Å²) in [7, 11) is -3.60. The number of fused-ring (bicyclic) bond motifs is 1. The van der Waals surface area contributed by atoms with E-state index in [0.29, 0.717) is 48.0 Å². The maximum Gasteiger partial charge on any atom is 0.244 e. The number of carbonyl (C=O) groups excluding carboxylic acids is 1. The number of carbonyl (C=O) groups is 1. The lowest BCUT2D eigenvalue weighted by Crippen LogP contribution is -2.41. The highest BCUT2D eigenvalue weighted by Gasteiger charge is 2.33. The number of sulfonamides is 1. The summed E-state index contributed by atoms with van der Waals surface area (Å²) in [5.41, 5.74) is 2.91.